The second kappa shape index (κ2) is 27.7. The van der Waals surface area contributed by atoms with E-state index < -0.39 is 0 Å². The average Bonchev–Trinajstić information content (AvgIpc) is 2.80. The van der Waals surface area contributed by atoms with Crippen molar-refractivity contribution < 1.29 is 9.53 Å². The Balaban J connectivity index is 3.74. The quantitative estimate of drug-likeness (QED) is 0.0888. The highest BCUT2D eigenvalue weighted by Crippen LogP contribution is 2.23. The van der Waals surface area contributed by atoms with Gasteiger partial charge in [-0.15, -0.1) is 0 Å². The van der Waals surface area contributed by atoms with Crippen molar-refractivity contribution in [1.82, 2.24) is 0 Å². The van der Waals surface area contributed by atoms with E-state index in [2.05, 4.69) is 13.8 Å². The fraction of sp³-hybridized carbons (Fsp3) is 0.968. The van der Waals surface area contributed by atoms with Crippen LogP contribution in [0.5, 0.6) is 0 Å². The number of unbranched alkanes of at least 4 members (excludes halogenated alkanes) is 20. The van der Waals surface area contributed by atoms with Crippen molar-refractivity contribution in [2.24, 2.45) is 5.92 Å². The first-order chi connectivity index (χ1) is 16.2. The number of esters is 1. The molecule has 33 heavy (non-hydrogen) atoms. The fourth-order valence-corrected chi connectivity index (χ4v) is 5.00. The van der Waals surface area contributed by atoms with Crippen LogP contribution >= 0.6 is 0 Å². The summed E-state index contributed by atoms with van der Waals surface area (Å²) in [5.41, 5.74) is 0. The van der Waals surface area contributed by atoms with Gasteiger partial charge in [-0.1, -0.05) is 155 Å². The molecule has 0 saturated carbocycles. The molecule has 0 aromatic heterocycles. The normalized spacial score (nSPS) is 12.2. The van der Waals surface area contributed by atoms with Gasteiger partial charge in [0, 0.05) is 6.42 Å². The summed E-state index contributed by atoms with van der Waals surface area (Å²) >= 11 is 0. The first-order valence-electron chi connectivity index (χ1n) is 15.4. The van der Waals surface area contributed by atoms with Gasteiger partial charge in [-0.2, -0.15) is 0 Å². The molecule has 1 atom stereocenters. The number of carbonyl (C=O) groups is 1. The summed E-state index contributed by atoms with van der Waals surface area (Å²) in [6.07, 6.45) is 33.7. The molecule has 2 nitrogen and oxygen atoms in total. The Morgan fingerprint density at radius 2 is 0.788 bits per heavy atom. The smallest absolute Gasteiger partial charge is 0.306 e. The Labute approximate surface area is 209 Å². The van der Waals surface area contributed by atoms with Gasteiger partial charge in [0.05, 0.1) is 6.61 Å². The molecule has 1 unspecified atom stereocenters. The summed E-state index contributed by atoms with van der Waals surface area (Å²) in [5, 5.41) is 0. The predicted octanol–water partition coefficient (Wildman–Crippen LogP) is 11.0. The van der Waals surface area contributed by atoms with E-state index in [0.717, 1.165) is 0 Å². The molecule has 0 amide bonds. The maximum absolute atomic E-state index is 12.0. The molecule has 0 N–H and O–H groups in total. The molecular weight excluding hydrogens is 404 g/mol. The van der Waals surface area contributed by atoms with Crippen LogP contribution in [-0.4, -0.2) is 12.6 Å². The number of hydrogen-bond acceptors (Lipinski definition) is 2. The summed E-state index contributed by atoms with van der Waals surface area (Å²) in [5.74, 6) is 0.565. The van der Waals surface area contributed by atoms with Crippen LogP contribution in [0.4, 0.5) is 0 Å². The Morgan fingerprint density at radius 1 is 0.485 bits per heavy atom. The highest BCUT2D eigenvalue weighted by Gasteiger charge is 2.14. The van der Waals surface area contributed by atoms with Gasteiger partial charge in [0.2, 0.25) is 0 Å². The summed E-state index contributed by atoms with van der Waals surface area (Å²) < 4.78 is 5.25. The molecule has 0 aliphatic carbocycles. The third-order valence-electron chi connectivity index (χ3n) is 7.19. The van der Waals surface area contributed by atoms with E-state index in [4.69, 9.17) is 4.74 Å². The third-order valence-corrected chi connectivity index (χ3v) is 7.19. The molecule has 0 saturated heterocycles. The molecule has 0 aliphatic heterocycles. The molecule has 0 bridgehead atoms. The van der Waals surface area contributed by atoms with E-state index >= 15 is 0 Å². The van der Waals surface area contributed by atoms with Gasteiger partial charge < -0.3 is 4.74 Å². The molecule has 0 fully saturated rings. The van der Waals surface area contributed by atoms with Crippen LogP contribution in [-0.2, 0) is 9.53 Å². The van der Waals surface area contributed by atoms with Gasteiger partial charge in [0.25, 0.3) is 0 Å². The van der Waals surface area contributed by atoms with Crippen LogP contribution in [0.2, 0.25) is 0 Å². The second-order valence-corrected chi connectivity index (χ2v) is 10.5. The molecule has 0 aromatic carbocycles. The lowest BCUT2D eigenvalue weighted by Gasteiger charge is -2.16. The minimum Gasteiger partial charge on any atom is -0.466 e. The highest BCUT2D eigenvalue weighted by atomic mass is 16.5. The Bertz CT molecular complexity index is 379. The van der Waals surface area contributed by atoms with Crippen molar-refractivity contribution in [3.8, 4) is 0 Å². The Kier molecular flexibility index (Phi) is 27.3. The average molecular weight is 467 g/mol. The van der Waals surface area contributed by atoms with Crippen molar-refractivity contribution in [1.29, 1.82) is 0 Å². The fourth-order valence-electron chi connectivity index (χ4n) is 5.00. The Morgan fingerprint density at radius 3 is 1.09 bits per heavy atom. The zero-order chi connectivity index (χ0) is 24.2. The van der Waals surface area contributed by atoms with E-state index in [1.807, 2.05) is 6.92 Å². The monoisotopic (exact) mass is 466 g/mol. The molecule has 2 heteroatoms. The lowest BCUT2D eigenvalue weighted by atomic mass is 9.91. The highest BCUT2D eigenvalue weighted by molar-refractivity contribution is 5.69. The number of carbonyl (C=O) groups excluding carboxylic acids is 1. The zero-order valence-corrected chi connectivity index (χ0v) is 23.3. The first-order valence-corrected chi connectivity index (χ1v) is 15.4. The zero-order valence-electron chi connectivity index (χ0n) is 23.3. The number of rotatable bonds is 27. The SMILES string of the molecule is CCCCCCCCCCCCCCC(CCCCCCCCCCCC)CC(=O)OCC. The summed E-state index contributed by atoms with van der Waals surface area (Å²) in [6.45, 7) is 7.01. The summed E-state index contributed by atoms with van der Waals surface area (Å²) in [7, 11) is 0. The standard InChI is InChI=1S/C31H62O2/c1-4-7-9-11-13-15-17-18-20-22-24-26-28-30(29-31(32)33-6-3)27-25-23-21-19-16-14-12-10-8-5-2/h30H,4-29H2,1-3H3. The topological polar surface area (TPSA) is 26.3 Å². The van der Waals surface area contributed by atoms with Crippen LogP contribution in [0.3, 0.4) is 0 Å². The van der Waals surface area contributed by atoms with Crippen LogP contribution in [0, 0.1) is 5.92 Å². The molecule has 0 heterocycles. The molecule has 198 valence electrons. The predicted molar refractivity (Wildman–Crippen MR) is 147 cm³/mol. The van der Waals surface area contributed by atoms with Crippen molar-refractivity contribution in [3.63, 3.8) is 0 Å². The maximum atomic E-state index is 12.0. The molecule has 0 radical (unpaired) electrons. The van der Waals surface area contributed by atoms with Gasteiger partial charge in [0.1, 0.15) is 0 Å². The van der Waals surface area contributed by atoms with Gasteiger partial charge >= 0.3 is 5.97 Å². The lowest BCUT2D eigenvalue weighted by molar-refractivity contribution is -0.144. The van der Waals surface area contributed by atoms with Gasteiger partial charge in [-0.25, -0.2) is 0 Å². The van der Waals surface area contributed by atoms with Crippen molar-refractivity contribution in [2.45, 2.75) is 181 Å². The molecular formula is C31H62O2. The van der Waals surface area contributed by atoms with Gasteiger partial charge in [-0.3, -0.25) is 4.79 Å². The van der Waals surface area contributed by atoms with Crippen molar-refractivity contribution >= 4 is 5.97 Å². The Hall–Kier alpha value is -0.530. The van der Waals surface area contributed by atoms with Crippen molar-refractivity contribution in [2.75, 3.05) is 6.61 Å². The largest absolute Gasteiger partial charge is 0.466 e. The molecule has 0 spiro atoms. The molecule has 0 aromatic rings. The van der Waals surface area contributed by atoms with Crippen LogP contribution in [0.25, 0.3) is 0 Å². The maximum Gasteiger partial charge on any atom is 0.306 e. The van der Waals surface area contributed by atoms with E-state index in [-0.39, 0.29) is 5.97 Å². The third kappa shape index (κ3) is 25.9. The molecule has 0 rings (SSSR count). The van der Waals surface area contributed by atoms with Crippen molar-refractivity contribution in [3.05, 3.63) is 0 Å². The lowest BCUT2D eigenvalue weighted by Crippen LogP contribution is -2.12. The number of ether oxygens (including phenoxy) is 1. The second-order valence-electron chi connectivity index (χ2n) is 10.5. The first kappa shape index (κ1) is 32.5. The van der Waals surface area contributed by atoms with Crippen LogP contribution < -0.4 is 0 Å². The van der Waals surface area contributed by atoms with Gasteiger partial charge in [-0.05, 0) is 25.7 Å². The minimum atomic E-state index is 0.0218. The number of hydrogen-bond donors (Lipinski definition) is 0. The van der Waals surface area contributed by atoms with Crippen LogP contribution in [0.15, 0.2) is 0 Å². The van der Waals surface area contributed by atoms with Gasteiger partial charge in [0.15, 0.2) is 0 Å². The summed E-state index contributed by atoms with van der Waals surface area (Å²) in [4.78, 5) is 12.0. The molecule has 0 aliphatic rings. The van der Waals surface area contributed by atoms with E-state index in [1.54, 1.807) is 0 Å². The minimum absolute atomic E-state index is 0.0218. The van der Waals surface area contributed by atoms with E-state index in [0.29, 0.717) is 18.9 Å². The summed E-state index contributed by atoms with van der Waals surface area (Å²) in [6, 6.07) is 0. The van der Waals surface area contributed by atoms with E-state index in [1.165, 1.54) is 154 Å². The van der Waals surface area contributed by atoms with E-state index in [9.17, 15) is 4.79 Å². The van der Waals surface area contributed by atoms with Crippen LogP contribution in [0.1, 0.15) is 181 Å².